The lowest BCUT2D eigenvalue weighted by molar-refractivity contribution is 0.0695. The summed E-state index contributed by atoms with van der Waals surface area (Å²) < 4.78 is 17.3. The molecule has 0 radical (unpaired) electrons. The van der Waals surface area contributed by atoms with Gasteiger partial charge in [-0.25, -0.2) is 14.2 Å². The molecule has 0 atom stereocenters. The number of hydrogen-bond acceptors (Lipinski definition) is 7. The smallest absolute Gasteiger partial charge is 0.341 e. The van der Waals surface area contributed by atoms with Gasteiger partial charge in [-0.15, -0.1) is 0 Å². The largest absolute Gasteiger partial charge is 0.477 e. The van der Waals surface area contributed by atoms with Crippen molar-refractivity contribution in [2.24, 2.45) is 0 Å². The van der Waals surface area contributed by atoms with E-state index in [1.807, 2.05) is 34.1 Å². The van der Waals surface area contributed by atoms with Crippen molar-refractivity contribution in [3.8, 4) is 11.8 Å². The number of pyridine rings is 2. The number of benzene rings is 2. The van der Waals surface area contributed by atoms with Crippen molar-refractivity contribution in [1.29, 1.82) is 5.26 Å². The summed E-state index contributed by atoms with van der Waals surface area (Å²) in [5.41, 5.74) is 1.32. The van der Waals surface area contributed by atoms with E-state index in [1.165, 1.54) is 19.0 Å². The van der Waals surface area contributed by atoms with Gasteiger partial charge >= 0.3 is 5.97 Å². The first kappa shape index (κ1) is 27.7. The maximum atomic E-state index is 15.7. The molecule has 214 valence electrons. The normalized spacial score (nSPS) is 15.7. The summed E-state index contributed by atoms with van der Waals surface area (Å²) in [6, 6.07) is 14.3. The van der Waals surface area contributed by atoms with Crippen LogP contribution in [0.5, 0.6) is 0 Å². The Morgan fingerprint density at radius 3 is 2.40 bits per heavy atom. The molecule has 4 aromatic rings. The second-order valence-corrected chi connectivity index (χ2v) is 11.0. The highest BCUT2D eigenvalue weighted by Gasteiger charge is 2.28. The number of fused-ring (bicyclic) bond motifs is 1. The van der Waals surface area contributed by atoms with E-state index >= 15 is 4.39 Å². The molecule has 11 heteroatoms. The van der Waals surface area contributed by atoms with Gasteiger partial charge in [0.15, 0.2) is 0 Å². The molecule has 0 saturated carbocycles. The second kappa shape index (κ2) is 11.4. The second-order valence-electron chi connectivity index (χ2n) is 10.6. The third-order valence-corrected chi connectivity index (χ3v) is 8.37. The van der Waals surface area contributed by atoms with Crippen LogP contribution in [0.15, 0.2) is 59.7 Å². The highest BCUT2D eigenvalue weighted by molar-refractivity contribution is 6.38. The standard InChI is InChI=1S/C31H28ClFN6O3/c32-26-27-23(16-25(33)28(26)37-12-14-38(15-13-37)30-21(17-34)4-3-9-35-30)29(40)24(31(41)42)19-39(27)22-7-5-20(6-8-22)18-36-10-1-2-11-36/h3-9,16,19H,1-2,10-15,18H2,(H,41,42). The Kier molecular flexibility index (Phi) is 7.54. The number of carboxylic acid groups (broad SMARTS) is 1. The minimum atomic E-state index is -1.40. The molecule has 2 aromatic heterocycles. The first-order chi connectivity index (χ1) is 20.4. The molecule has 0 spiro atoms. The van der Waals surface area contributed by atoms with Gasteiger partial charge in [0.1, 0.15) is 23.3 Å². The number of piperazine rings is 1. The Balaban J connectivity index is 1.39. The van der Waals surface area contributed by atoms with Crippen molar-refractivity contribution < 1.29 is 14.3 Å². The molecular formula is C31H28ClFN6O3. The number of aromatic nitrogens is 2. The molecule has 2 aliphatic rings. The van der Waals surface area contributed by atoms with E-state index in [4.69, 9.17) is 11.6 Å². The van der Waals surface area contributed by atoms with Crippen LogP contribution < -0.4 is 15.2 Å². The highest BCUT2D eigenvalue weighted by Crippen LogP contribution is 2.37. The molecule has 6 rings (SSSR count). The maximum absolute atomic E-state index is 15.7. The van der Waals surface area contributed by atoms with E-state index in [-0.39, 0.29) is 21.6 Å². The summed E-state index contributed by atoms with van der Waals surface area (Å²) >= 11 is 6.92. The highest BCUT2D eigenvalue weighted by atomic mass is 35.5. The van der Waals surface area contributed by atoms with Gasteiger partial charge in [0.25, 0.3) is 0 Å². The summed E-state index contributed by atoms with van der Waals surface area (Å²) in [7, 11) is 0. The summed E-state index contributed by atoms with van der Waals surface area (Å²) in [4.78, 5) is 35.7. The SMILES string of the molecule is N#Cc1cccnc1N1CCN(c2c(F)cc3c(=O)c(C(=O)O)cn(-c4ccc(CN5CCCC5)cc4)c3c2Cl)CC1. The molecule has 9 nitrogen and oxygen atoms in total. The van der Waals surface area contributed by atoms with Crippen LogP contribution in [0.4, 0.5) is 15.9 Å². The number of hydrogen-bond donors (Lipinski definition) is 1. The molecule has 0 unspecified atom stereocenters. The summed E-state index contributed by atoms with van der Waals surface area (Å²) in [6.07, 6.45) is 5.27. The molecule has 2 aromatic carbocycles. The van der Waals surface area contributed by atoms with Gasteiger partial charge in [-0.05, 0) is 61.8 Å². The summed E-state index contributed by atoms with van der Waals surface area (Å²) in [5.74, 6) is -1.53. The third kappa shape index (κ3) is 5.06. The predicted molar refractivity (Wildman–Crippen MR) is 159 cm³/mol. The van der Waals surface area contributed by atoms with Crippen LogP contribution in [0.1, 0.15) is 34.3 Å². The number of nitriles is 1. The van der Waals surface area contributed by atoms with Gasteiger partial charge in [-0.2, -0.15) is 5.26 Å². The Labute approximate surface area is 246 Å². The van der Waals surface area contributed by atoms with E-state index in [0.717, 1.165) is 31.3 Å². The van der Waals surface area contributed by atoms with Gasteiger partial charge in [0, 0.05) is 50.8 Å². The van der Waals surface area contributed by atoms with Gasteiger partial charge in [-0.3, -0.25) is 9.69 Å². The topological polar surface area (TPSA) is 106 Å². The molecule has 2 aliphatic heterocycles. The van der Waals surface area contributed by atoms with Crippen molar-refractivity contribution in [3.63, 3.8) is 0 Å². The fourth-order valence-electron chi connectivity index (χ4n) is 5.89. The number of rotatable bonds is 6. The minimum Gasteiger partial charge on any atom is -0.477 e. The Bertz CT molecular complexity index is 1770. The quantitative estimate of drug-likeness (QED) is 0.347. The van der Waals surface area contributed by atoms with E-state index in [1.54, 1.807) is 22.9 Å². The number of nitrogens with zero attached hydrogens (tertiary/aromatic N) is 6. The number of carboxylic acids is 1. The Morgan fingerprint density at radius 2 is 1.74 bits per heavy atom. The lowest BCUT2D eigenvalue weighted by atomic mass is 10.1. The molecule has 42 heavy (non-hydrogen) atoms. The van der Waals surface area contributed by atoms with Crippen LogP contribution in [0, 0.1) is 17.1 Å². The Hall–Kier alpha value is -4.46. The summed E-state index contributed by atoms with van der Waals surface area (Å²) in [6.45, 7) is 4.69. The molecule has 0 amide bonds. The van der Waals surface area contributed by atoms with E-state index in [2.05, 4.69) is 16.0 Å². The van der Waals surface area contributed by atoms with Crippen molar-refractivity contribution in [2.75, 3.05) is 49.1 Å². The number of likely N-dealkylation sites (tertiary alicyclic amines) is 1. The van der Waals surface area contributed by atoms with Gasteiger partial charge in [0.2, 0.25) is 5.43 Å². The minimum absolute atomic E-state index is 0.0317. The molecule has 0 bridgehead atoms. The zero-order valence-electron chi connectivity index (χ0n) is 22.8. The fourth-order valence-corrected chi connectivity index (χ4v) is 6.29. The summed E-state index contributed by atoms with van der Waals surface area (Å²) in [5, 5.41) is 19.2. The van der Waals surface area contributed by atoms with Crippen LogP contribution in [-0.2, 0) is 6.54 Å². The van der Waals surface area contributed by atoms with Crippen LogP contribution in [0.2, 0.25) is 5.02 Å². The lowest BCUT2D eigenvalue weighted by Crippen LogP contribution is -2.47. The lowest BCUT2D eigenvalue weighted by Gasteiger charge is -2.37. The number of carbonyl (C=O) groups is 1. The van der Waals surface area contributed by atoms with Crippen LogP contribution in [-0.4, -0.2) is 64.8 Å². The van der Waals surface area contributed by atoms with Crippen LogP contribution in [0.3, 0.4) is 0 Å². The van der Waals surface area contributed by atoms with E-state index in [0.29, 0.717) is 43.2 Å². The molecule has 2 fully saturated rings. The van der Waals surface area contributed by atoms with E-state index in [9.17, 15) is 20.0 Å². The molecule has 1 N–H and O–H groups in total. The number of halogens is 2. The van der Waals surface area contributed by atoms with Crippen LogP contribution in [0.25, 0.3) is 16.6 Å². The number of anilines is 2. The van der Waals surface area contributed by atoms with Gasteiger partial charge in [0.05, 0.1) is 27.2 Å². The fraction of sp³-hybridized carbons (Fsp3) is 0.290. The predicted octanol–water partition coefficient (Wildman–Crippen LogP) is 4.67. The first-order valence-corrected chi connectivity index (χ1v) is 14.2. The van der Waals surface area contributed by atoms with E-state index < -0.39 is 22.8 Å². The number of aromatic carboxylic acids is 1. The first-order valence-electron chi connectivity index (χ1n) is 13.8. The van der Waals surface area contributed by atoms with Crippen molar-refractivity contribution in [2.45, 2.75) is 19.4 Å². The molecule has 0 aliphatic carbocycles. The molecule has 2 saturated heterocycles. The Morgan fingerprint density at radius 1 is 1.05 bits per heavy atom. The van der Waals surface area contributed by atoms with Gasteiger partial charge in [-0.1, -0.05) is 23.7 Å². The monoisotopic (exact) mass is 586 g/mol. The van der Waals surface area contributed by atoms with Crippen molar-refractivity contribution >= 4 is 40.0 Å². The van der Waals surface area contributed by atoms with Crippen molar-refractivity contribution in [3.05, 3.63) is 92.6 Å². The van der Waals surface area contributed by atoms with Crippen LogP contribution >= 0.6 is 11.6 Å². The molecular weight excluding hydrogens is 559 g/mol. The molecule has 4 heterocycles. The van der Waals surface area contributed by atoms with Crippen molar-refractivity contribution in [1.82, 2.24) is 14.5 Å². The average molecular weight is 587 g/mol. The van der Waals surface area contributed by atoms with Gasteiger partial charge < -0.3 is 19.5 Å². The average Bonchev–Trinajstić information content (AvgIpc) is 3.51. The zero-order valence-corrected chi connectivity index (χ0v) is 23.5. The maximum Gasteiger partial charge on any atom is 0.341 e. The third-order valence-electron chi connectivity index (χ3n) is 8.01. The zero-order chi connectivity index (χ0) is 29.4.